The van der Waals surface area contributed by atoms with Crippen molar-refractivity contribution in [3.8, 4) is 0 Å². The first-order valence-electron chi connectivity index (χ1n) is 5.23. The van der Waals surface area contributed by atoms with Gasteiger partial charge in [0, 0.05) is 18.2 Å². The van der Waals surface area contributed by atoms with Crippen LogP contribution >= 0.6 is 0 Å². The van der Waals surface area contributed by atoms with Gasteiger partial charge in [-0.1, -0.05) is 0 Å². The minimum Gasteiger partial charge on any atom is -0.394 e. The lowest BCUT2D eigenvalue weighted by Gasteiger charge is -2.11. The molecular formula is C11H13FN2O4. The number of rotatable bonds is 4. The quantitative estimate of drug-likeness (QED) is 0.624. The minimum absolute atomic E-state index is 0.0194. The average molecular weight is 256 g/mol. The van der Waals surface area contributed by atoms with Crippen LogP contribution in [0.25, 0.3) is 0 Å². The summed E-state index contributed by atoms with van der Waals surface area (Å²) in [6.45, 7) is 2.57. The molecule has 1 rings (SSSR count). The summed E-state index contributed by atoms with van der Waals surface area (Å²) in [4.78, 5) is 21.6. The molecule has 0 fully saturated rings. The van der Waals surface area contributed by atoms with E-state index in [1.54, 1.807) is 0 Å². The molecule has 98 valence electrons. The number of nitrogens with zero attached hydrogens (tertiary/aromatic N) is 1. The number of nitro groups is 1. The number of nitro benzene ring substituents is 1. The largest absolute Gasteiger partial charge is 0.394 e. The van der Waals surface area contributed by atoms with Gasteiger partial charge in [-0.05, 0) is 19.4 Å². The van der Waals surface area contributed by atoms with Gasteiger partial charge in [-0.3, -0.25) is 14.9 Å². The Morgan fingerprint density at radius 2 is 2.22 bits per heavy atom. The molecule has 6 nitrogen and oxygen atoms in total. The summed E-state index contributed by atoms with van der Waals surface area (Å²) in [7, 11) is 0. The maximum Gasteiger partial charge on any atom is 0.270 e. The highest BCUT2D eigenvalue weighted by Gasteiger charge is 2.20. The standard InChI is InChI=1S/C11H13FN2O4/c1-6-3-8(14(17)18)4-9(10(6)12)11(16)13-7(2)5-15/h3-4,7,15H,5H2,1-2H3,(H,13,16)/t7-/m1/s1. The Hall–Kier alpha value is -2.02. The fourth-order valence-corrected chi connectivity index (χ4v) is 1.37. The van der Waals surface area contributed by atoms with Gasteiger partial charge >= 0.3 is 0 Å². The SMILES string of the molecule is Cc1cc([N+](=O)[O-])cc(C(=O)N[C@H](C)CO)c1F. The average Bonchev–Trinajstić information content (AvgIpc) is 2.31. The van der Waals surface area contributed by atoms with Gasteiger partial charge in [-0.25, -0.2) is 4.39 Å². The van der Waals surface area contributed by atoms with Gasteiger partial charge in [0.1, 0.15) is 5.82 Å². The maximum atomic E-state index is 13.7. The first-order chi connectivity index (χ1) is 8.36. The molecule has 1 amide bonds. The Kier molecular flexibility index (Phi) is 4.33. The fourth-order valence-electron chi connectivity index (χ4n) is 1.37. The number of aliphatic hydroxyl groups is 1. The van der Waals surface area contributed by atoms with Crippen molar-refractivity contribution in [1.82, 2.24) is 5.32 Å². The first-order valence-corrected chi connectivity index (χ1v) is 5.23. The molecule has 0 saturated heterocycles. The molecule has 0 radical (unpaired) electrons. The summed E-state index contributed by atoms with van der Waals surface area (Å²) >= 11 is 0. The number of aryl methyl sites for hydroxylation is 1. The van der Waals surface area contributed by atoms with E-state index in [9.17, 15) is 19.3 Å². The monoisotopic (exact) mass is 256 g/mol. The van der Waals surface area contributed by atoms with Crippen molar-refractivity contribution in [1.29, 1.82) is 0 Å². The number of benzene rings is 1. The number of amides is 1. The highest BCUT2D eigenvalue weighted by Crippen LogP contribution is 2.21. The van der Waals surface area contributed by atoms with E-state index in [1.165, 1.54) is 13.8 Å². The van der Waals surface area contributed by atoms with E-state index in [4.69, 9.17) is 5.11 Å². The van der Waals surface area contributed by atoms with Crippen molar-refractivity contribution in [3.63, 3.8) is 0 Å². The summed E-state index contributed by atoms with van der Waals surface area (Å²) in [6, 6.07) is 1.38. The Morgan fingerprint density at radius 3 is 2.72 bits per heavy atom. The lowest BCUT2D eigenvalue weighted by Crippen LogP contribution is -2.35. The third kappa shape index (κ3) is 3.01. The summed E-state index contributed by atoms with van der Waals surface area (Å²) in [5.74, 6) is -1.59. The molecule has 2 N–H and O–H groups in total. The number of hydrogen-bond donors (Lipinski definition) is 2. The topological polar surface area (TPSA) is 92.5 Å². The molecule has 0 aliphatic rings. The number of halogens is 1. The fraction of sp³-hybridized carbons (Fsp3) is 0.364. The molecule has 0 aliphatic carbocycles. The van der Waals surface area contributed by atoms with Gasteiger partial charge in [0.05, 0.1) is 17.1 Å². The van der Waals surface area contributed by atoms with Crippen molar-refractivity contribution < 1.29 is 19.2 Å². The van der Waals surface area contributed by atoms with Crippen molar-refractivity contribution in [3.05, 3.63) is 39.2 Å². The number of hydrogen-bond acceptors (Lipinski definition) is 4. The van der Waals surface area contributed by atoms with Crippen molar-refractivity contribution in [2.24, 2.45) is 0 Å². The molecule has 18 heavy (non-hydrogen) atoms. The molecule has 1 aromatic carbocycles. The highest BCUT2D eigenvalue weighted by atomic mass is 19.1. The van der Waals surface area contributed by atoms with E-state index >= 15 is 0 Å². The van der Waals surface area contributed by atoms with Crippen LogP contribution in [-0.2, 0) is 0 Å². The van der Waals surface area contributed by atoms with Crippen molar-refractivity contribution in [2.45, 2.75) is 19.9 Å². The van der Waals surface area contributed by atoms with E-state index in [0.717, 1.165) is 12.1 Å². The molecule has 0 spiro atoms. The van der Waals surface area contributed by atoms with E-state index in [0.29, 0.717) is 0 Å². The molecule has 0 heterocycles. The van der Waals surface area contributed by atoms with E-state index in [1.807, 2.05) is 0 Å². The van der Waals surface area contributed by atoms with Gasteiger partial charge in [0.25, 0.3) is 11.6 Å². The Bertz CT molecular complexity index is 490. The molecule has 0 aliphatic heterocycles. The number of non-ortho nitro benzene ring substituents is 1. The van der Waals surface area contributed by atoms with Crippen LogP contribution < -0.4 is 5.32 Å². The van der Waals surface area contributed by atoms with Gasteiger partial charge in [-0.15, -0.1) is 0 Å². The van der Waals surface area contributed by atoms with Crippen LogP contribution in [0.15, 0.2) is 12.1 Å². The van der Waals surface area contributed by atoms with Gasteiger partial charge < -0.3 is 10.4 Å². The van der Waals surface area contributed by atoms with Crippen LogP contribution in [0, 0.1) is 22.9 Å². The molecule has 7 heteroatoms. The third-order valence-electron chi connectivity index (χ3n) is 2.35. The third-order valence-corrected chi connectivity index (χ3v) is 2.35. The molecule has 0 saturated carbocycles. The lowest BCUT2D eigenvalue weighted by molar-refractivity contribution is -0.385. The zero-order valence-electron chi connectivity index (χ0n) is 9.94. The molecule has 0 aromatic heterocycles. The van der Waals surface area contributed by atoms with Crippen LogP contribution in [-0.4, -0.2) is 28.6 Å². The lowest BCUT2D eigenvalue weighted by atomic mass is 10.1. The molecule has 0 unspecified atom stereocenters. The molecular weight excluding hydrogens is 243 g/mol. The second kappa shape index (κ2) is 5.54. The van der Waals surface area contributed by atoms with E-state index in [-0.39, 0.29) is 17.9 Å². The number of carbonyl (C=O) groups is 1. The predicted octanol–water partition coefficient (Wildman–Crippen LogP) is 1.15. The molecule has 0 bridgehead atoms. The Labute approximate surface area is 103 Å². The predicted molar refractivity (Wildman–Crippen MR) is 61.8 cm³/mol. The normalized spacial score (nSPS) is 12.0. The van der Waals surface area contributed by atoms with Gasteiger partial charge in [0.2, 0.25) is 0 Å². The summed E-state index contributed by atoms with van der Waals surface area (Å²) in [5.41, 5.74) is -0.733. The van der Waals surface area contributed by atoms with Crippen LogP contribution in [0.2, 0.25) is 0 Å². The van der Waals surface area contributed by atoms with Crippen LogP contribution in [0.3, 0.4) is 0 Å². The molecule has 1 atom stereocenters. The second-order valence-corrected chi connectivity index (χ2v) is 3.94. The summed E-state index contributed by atoms with van der Waals surface area (Å²) in [5, 5.41) is 21.7. The molecule has 1 aromatic rings. The van der Waals surface area contributed by atoms with Crippen molar-refractivity contribution >= 4 is 11.6 Å². The summed E-state index contributed by atoms with van der Waals surface area (Å²) in [6.07, 6.45) is 0. The van der Waals surface area contributed by atoms with Gasteiger partial charge in [-0.2, -0.15) is 0 Å². The van der Waals surface area contributed by atoms with Crippen LogP contribution in [0.1, 0.15) is 22.8 Å². The van der Waals surface area contributed by atoms with Crippen LogP contribution in [0.5, 0.6) is 0 Å². The Balaban J connectivity index is 3.14. The Morgan fingerprint density at radius 1 is 1.61 bits per heavy atom. The number of nitrogens with one attached hydrogen (secondary N) is 1. The smallest absolute Gasteiger partial charge is 0.270 e. The maximum absolute atomic E-state index is 13.7. The number of aliphatic hydroxyl groups excluding tert-OH is 1. The van der Waals surface area contributed by atoms with E-state index < -0.39 is 28.3 Å². The highest BCUT2D eigenvalue weighted by molar-refractivity contribution is 5.95. The minimum atomic E-state index is -0.803. The van der Waals surface area contributed by atoms with E-state index in [2.05, 4.69) is 5.32 Å². The zero-order valence-corrected chi connectivity index (χ0v) is 9.94. The van der Waals surface area contributed by atoms with Crippen LogP contribution in [0.4, 0.5) is 10.1 Å². The van der Waals surface area contributed by atoms with Crippen molar-refractivity contribution in [2.75, 3.05) is 6.61 Å². The summed E-state index contributed by atoms with van der Waals surface area (Å²) < 4.78 is 13.7. The number of carbonyl (C=O) groups excluding carboxylic acids is 1. The van der Waals surface area contributed by atoms with Gasteiger partial charge in [0.15, 0.2) is 0 Å². The first kappa shape index (κ1) is 14.0. The zero-order chi connectivity index (χ0) is 13.9. The second-order valence-electron chi connectivity index (χ2n) is 3.94.